The van der Waals surface area contributed by atoms with Crippen molar-refractivity contribution < 1.29 is 13.2 Å². The minimum absolute atomic E-state index is 0.0172. The first-order valence-corrected chi connectivity index (χ1v) is 8.99. The van der Waals surface area contributed by atoms with Crippen LogP contribution in [0.4, 0.5) is 0 Å². The maximum absolute atomic E-state index is 12.5. The van der Waals surface area contributed by atoms with Gasteiger partial charge in [-0.2, -0.15) is 4.31 Å². The lowest BCUT2D eigenvalue weighted by atomic mass is 10.4. The van der Waals surface area contributed by atoms with E-state index >= 15 is 0 Å². The van der Waals surface area contributed by atoms with Crippen LogP contribution in [0.2, 0.25) is 5.02 Å². The fraction of sp³-hybridized carbons (Fsp3) is 0.300. The predicted octanol–water partition coefficient (Wildman–Crippen LogP) is 3.30. The molecule has 1 unspecified atom stereocenters. The second-order valence-electron chi connectivity index (χ2n) is 3.89. The molecule has 1 aliphatic heterocycles. The molecular formula is C10H7Cl4NO3S2. The zero-order valence-corrected chi connectivity index (χ0v) is 14.3. The van der Waals surface area contributed by atoms with Crippen LogP contribution < -0.4 is 0 Å². The van der Waals surface area contributed by atoms with Crippen molar-refractivity contribution in [3.8, 4) is 0 Å². The molecule has 1 saturated heterocycles. The fourth-order valence-corrected chi connectivity index (χ4v) is 5.45. The van der Waals surface area contributed by atoms with Crippen LogP contribution in [0.3, 0.4) is 0 Å². The number of halogens is 4. The largest absolute Gasteiger partial charge is 0.286 e. The van der Waals surface area contributed by atoms with E-state index in [-0.39, 0.29) is 16.6 Å². The third-order valence-corrected chi connectivity index (χ3v) is 6.93. The predicted molar refractivity (Wildman–Crippen MR) is 82.0 cm³/mol. The number of hydrogen-bond donors (Lipinski definition) is 0. The second kappa shape index (κ2) is 5.83. The number of thioether (sulfide) groups is 1. The maximum Gasteiger partial charge on any atom is 0.244 e. The number of nitrogens with zero attached hydrogens (tertiary/aromatic N) is 1. The first kappa shape index (κ1) is 16.7. The summed E-state index contributed by atoms with van der Waals surface area (Å²) in [4.78, 5) is 11.5. The lowest BCUT2D eigenvalue weighted by Gasteiger charge is -2.27. The van der Waals surface area contributed by atoms with Crippen LogP contribution in [0, 0.1) is 0 Å². The molecule has 2 rings (SSSR count). The summed E-state index contributed by atoms with van der Waals surface area (Å²) in [6, 6.07) is 5.54. The smallest absolute Gasteiger partial charge is 0.244 e. The van der Waals surface area contributed by atoms with Crippen molar-refractivity contribution in [3.63, 3.8) is 0 Å². The highest BCUT2D eigenvalue weighted by Crippen LogP contribution is 2.45. The first-order valence-electron chi connectivity index (χ1n) is 5.16. The molecule has 0 radical (unpaired) electrons. The summed E-state index contributed by atoms with van der Waals surface area (Å²) in [7, 11) is -3.94. The summed E-state index contributed by atoms with van der Waals surface area (Å²) in [5.74, 6) is 0. The third kappa shape index (κ3) is 3.38. The van der Waals surface area contributed by atoms with Gasteiger partial charge < -0.3 is 0 Å². The highest BCUT2D eigenvalue weighted by Gasteiger charge is 2.50. The molecule has 110 valence electrons. The molecule has 1 fully saturated rings. The van der Waals surface area contributed by atoms with E-state index in [9.17, 15) is 13.2 Å². The molecule has 0 N–H and O–H groups in total. The van der Waals surface area contributed by atoms with Crippen molar-refractivity contribution >= 4 is 73.3 Å². The Labute approximate surface area is 140 Å². The van der Waals surface area contributed by atoms with Gasteiger partial charge in [0.2, 0.25) is 18.9 Å². The summed E-state index contributed by atoms with van der Waals surface area (Å²) in [5, 5.41) is -1.08. The van der Waals surface area contributed by atoms with Gasteiger partial charge in [-0.15, -0.1) is 0 Å². The molecule has 1 heterocycles. The van der Waals surface area contributed by atoms with E-state index in [0.717, 1.165) is 4.31 Å². The maximum atomic E-state index is 12.5. The minimum Gasteiger partial charge on any atom is -0.286 e. The van der Waals surface area contributed by atoms with Gasteiger partial charge in [0.15, 0.2) is 0 Å². The SMILES string of the molecule is O=C1CN(S(=O)(=O)c2ccc(Cl)cc2)C(C(Cl)(Cl)Cl)S1. The van der Waals surface area contributed by atoms with Gasteiger partial charge in [0.05, 0.1) is 11.4 Å². The zero-order chi connectivity index (χ0) is 15.1. The van der Waals surface area contributed by atoms with Crippen LogP contribution in [0.5, 0.6) is 0 Å². The number of alkyl halides is 3. The van der Waals surface area contributed by atoms with Gasteiger partial charge in [-0.3, -0.25) is 4.79 Å². The van der Waals surface area contributed by atoms with E-state index in [0.29, 0.717) is 16.8 Å². The van der Waals surface area contributed by atoms with Crippen molar-refractivity contribution in [2.75, 3.05) is 6.54 Å². The average Bonchev–Trinajstić information content (AvgIpc) is 2.72. The van der Waals surface area contributed by atoms with Gasteiger partial charge >= 0.3 is 0 Å². The Balaban J connectivity index is 2.42. The summed E-state index contributed by atoms with van der Waals surface area (Å²) < 4.78 is 24.0. The molecule has 0 aliphatic carbocycles. The molecule has 4 nitrogen and oxygen atoms in total. The molecule has 1 aromatic rings. The Hall–Kier alpha value is 0.310. The Morgan fingerprint density at radius 2 is 1.75 bits per heavy atom. The summed E-state index contributed by atoms with van der Waals surface area (Å²) >= 11 is 23.7. The molecule has 20 heavy (non-hydrogen) atoms. The molecule has 0 aromatic heterocycles. The molecule has 1 aliphatic rings. The van der Waals surface area contributed by atoms with Crippen molar-refractivity contribution in [2.24, 2.45) is 0 Å². The fourth-order valence-electron chi connectivity index (χ4n) is 1.61. The van der Waals surface area contributed by atoms with Gasteiger partial charge in [0.1, 0.15) is 5.37 Å². The molecule has 1 aromatic carbocycles. The molecule has 0 saturated carbocycles. The van der Waals surface area contributed by atoms with Gasteiger partial charge in [0, 0.05) is 5.02 Å². The molecular weight excluding hydrogens is 388 g/mol. The lowest BCUT2D eigenvalue weighted by molar-refractivity contribution is -0.110. The number of rotatable bonds is 2. The number of benzene rings is 1. The monoisotopic (exact) mass is 393 g/mol. The number of carbonyl (C=O) groups is 1. The van der Waals surface area contributed by atoms with E-state index < -0.39 is 19.2 Å². The molecule has 0 amide bonds. The summed E-state index contributed by atoms with van der Waals surface area (Å²) in [6.07, 6.45) is 0. The average molecular weight is 395 g/mol. The molecule has 1 atom stereocenters. The lowest BCUT2D eigenvalue weighted by Crippen LogP contribution is -2.41. The highest BCUT2D eigenvalue weighted by molar-refractivity contribution is 8.15. The van der Waals surface area contributed by atoms with Crippen LogP contribution in [-0.2, 0) is 14.8 Å². The van der Waals surface area contributed by atoms with Gasteiger partial charge in [0.25, 0.3) is 0 Å². The van der Waals surface area contributed by atoms with E-state index in [2.05, 4.69) is 0 Å². The molecule has 10 heteroatoms. The topological polar surface area (TPSA) is 54.5 Å². The van der Waals surface area contributed by atoms with Crippen LogP contribution >= 0.6 is 58.2 Å². The van der Waals surface area contributed by atoms with Crippen molar-refractivity contribution in [2.45, 2.75) is 14.1 Å². The zero-order valence-electron chi connectivity index (χ0n) is 9.59. The summed E-state index contributed by atoms with van der Waals surface area (Å²) in [6.45, 7) is -0.339. The minimum atomic E-state index is -3.94. The Bertz CT molecular complexity index is 627. The Morgan fingerprint density at radius 3 is 2.25 bits per heavy atom. The van der Waals surface area contributed by atoms with Gasteiger partial charge in [-0.25, -0.2) is 8.42 Å². The van der Waals surface area contributed by atoms with E-state index in [1.54, 1.807) is 0 Å². The third-order valence-electron chi connectivity index (χ3n) is 2.49. The van der Waals surface area contributed by atoms with E-state index in [1.807, 2.05) is 0 Å². The van der Waals surface area contributed by atoms with E-state index in [4.69, 9.17) is 46.4 Å². The molecule has 0 bridgehead atoms. The van der Waals surface area contributed by atoms with Gasteiger partial charge in [-0.1, -0.05) is 58.2 Å². The second-order valence-corrected chi connectivity index (χ2v) is 9.72. The van der Waals surface area contributed by atoms with Crippen LogP contribution in [0.25, 0.3) is 0 Å². The van der Waals surface area contributed by atoms with Crippen LogP contribution in [0.15, 0.2) is 29.2 Å². The number of carbonyl (C=O) groups excluding carboxylic acids is 1. The van der Waals surface area contributed by atoms with E-state index in [1.165, 1.54) is 24.3 Å². The van der Waals surface area contributed by atoms with Crippen LogP contribution in [-0.4, -0.2) is 33.5 Å². The van der Waals surface area contributed by atoms with Crippen molar-refractivity contribution in [1.82, 2.24) is 4.31 Å². The van der Waals surface area contributed by atoms with Crippen molar-refractivity contribution in [3.05, 3.63) is 29.3 Å². The Morgan fingerprint density at radius 1 is 1.20 bits per heavy atom. The first-order chi connectivity index (χ1) is 9.12. The standard InChI is InChI=1S/C10H7Cl4NO3S2/c11-6-1-3-7(4-2-6)20(17,18)15-5-8(16)19-9(15)10(12,13)14/h1-4,9H,5H2. The number of hydrogen-bond acceptors (Lipinski definition) is 4. The highest BCUT2D eigenvalue weighted by atomic mass is 35.6. The number of sulfonamides is 1. The van der Waals surface area contributed by atoms with Gasteiger partial charge in [-0.05, 0) is 24.3 Å². The normalized spacial score (nSPS) is 21.4. The summed E-state index contributed by atoms with van der Waals surface area (Å²) in [5.41, 5.74) is 0. The quantitative estimate of drug-likeness (QED) is 0.722. The van der Waals surface area contributed by atoms with Crippen LogP contribution in [0.1, 0.15) is 0 Å². The van der Waals surface area contributed by atoms with Crippen molar-refractivity contribution in [1.29, 1.82) is 0 Å². The molecule has 0 spiro atoms. The Kier molecular flexibility index (Phi) is 4.87.